The molecule has 1 rings (SSSR count). The van der Waals surface area contributed by atoms with Crippen molar-refractivity contribution in [3.8, 4) is 0 Å². The first-order valence-electron chi connectivity index (χ1n) is 8.11. The molecule has 0 spiro atoms. The Hall–Kier alpha value is -0.850. The summed E-state index contributed by atoms with van der Waals surface area (Å²) in [6.07, 6.45) is 20.0. The van der Waals surface area contributed by atoms with Gasteiger partial charge in [-0.1, -0.05) is 77.2 Å². The van der Waals surface area contributed by atoms with Gasteiger partial charge in [-0.2, -0.15) is 0 Å². The number of aromatic nitrogens is 1. The fraction of sp³-hybridized carbons (Fsp3) is 0.667. The van der Waals surface area contributed by atoms with Crippen molar-refractivity contribution in [2.45, 2.75) is 77.0 Å². The molecule has 19 heavy (non-hydrogen) atoms. The molecule has 1 aromatic rings. The molecule has 0 N–H and O–H groups in total. The van der Waals surface area contributed by atoms with E-state index >= 15 is 0 Å². The molecule has 0 aromatic carbocycles. The van der Waals surface area contributed by atoms with Crippen LogP contribution in [0.3, 0.4) is 0 Å². The van der Waals surface area contributed by atoms with Crippen LogP contribution in [-0.4, -0.2) is 4.98 Å². The molecule has 0 amide bonds. The molecule has 0 saturated carbocycles. The van der Waals surface area contributed by atoms with Gasteiger partial charge in [0.15, 0.2) is 0 Å². The van der Waals surface area contributed by atoms with Crippen LogP contribution in [0.1, 0.15) is 76.2 Å². The monoisotopic (exact) mass is 260 g/mol. The second-order valence-electron chi connectivity index (χ2n) is 5.50. The van der Waals surface area contributed by atoms with Crippen molar-refractivity contribution in [1.29, 1.82) is 0 Å². The Morgan fingerprint density at radius 2 is 1.37 bits per heavy atom. The van der Waals surface area contributed by atoms with Crippen LogP contribution in [0.15, 0.2) is 24.5 Å². The Balaban J connectivity index is 1.79. The molecular weight excluding hydrogens is 230 g/mol. The summed E-state index contributed by atoms with van der Waals surface area (Å²) in [5.41, 5.74) is 1.38. The van der Waals surface area contributed by atoms with E-state index in [2.05, 4.69) is 18.0 Å². The average Bonchev–Trinajstić information content (AvgIpc) is 2.46. The molecule has 0 aliphatic carbocycles. The Morgan fingerprint density at radius 1 is 0.789 bits per heavy atom. The van der Waals surface area contributed by atoms with Crippen molar-refractivity contribution in [2.75, 3.05) is 0 Å². The normalized spacial score (nSPS) is 10.8. The molecule has 0 fully saturated rings. The van der Waals surface area contributed by atoms with Gasteiger partial charge in [0, 0.05) is 12.4 Å². The van der Waals surface area contributed by atoms with Crippen LogP contribution in [0, 0.1) is 6.92 Å². The summed E-state index contributed by atoms with van der Waals surface area (Å²) in [4.78, 5) is 4.15. The highest BCUT2D eigenvalue weighted by molar-refractivity contribution is 5.08. The zero-order chi connectivity index (χ0) is 13.6. The maximum absolute atomic E-state index is 4.15. The number of hydrogen-bond acceptors (Lipinski definition) is 1. The van der Waals surface area contributed by atoms with E-state index in [1.807, 2.05) is 18.5 Å². The Kier molecular flexibility index (Phi) is 10.4. The number of aryl methyl sites for hydroxylation is 1. The highest BCUT2D eigenvalue weighted by atomic mass is 14.6. The van der Waals surface area contributed by atoms with Gasteiger partial charge in [0.2, 0.25) is 0 Å². The Morgan fingerprint density at radius 3 is 1.89 bits per heavy atom. The van der Waals surface area contributed by atoms with Gasteiger partial charge in [-0.05, 0) is 24.5 Å². The summed E-state index contributed by atoms with van der Waals surface area (Å²) >= 11 is 0. The van der Waals surface area contributed by atoms with Gasteiger partial charge in [-0.3, -0.25) is 4.98 Å². The van der Waals surface area contributed by atoms with E-state index in [0.717, 1.165) is 6.42 Å². The minimum Gasteiger partial charge on any atom is -0.264 e. The van der Waals surface area contributed by atoms with Crippen LogP contribution in [0.5, 0.6) is 0 Å². The van der Waals surface area contributed by atoms with Crippen LogP contribution in [0.4, 0.5) is 0 Å². The number of rotatable bonds is 12. The van der Waals surface area contributed by atoms with Crippen molar-refractivity contribution in [3.05, 3.63) is 37.0 Å². The van der Waals surface area contributed by atoms with Gasteiger partial charge in [-0.15, -0.1) is 0 Å². The van der Waals surface area contributed by atoms with Crippen LogP contribution in [0.25, 0.3) is 0 Å². The van der Waals surface area contributed by atoms with Gasteiger partial charge in [0.1, 0.15) is 0 Å². The zero-order valence-corrected chi connectivity index (χ0v) is 12.4. The first-order valence-corrected chi connectivity index (χ1v) is 8.11. The van der Waals surface area contributed by atoms with Crippen molar-refractivity contribution in [3.63, 3.8) is 0 Å². The zero-order valence-electron chi connectivity index (χ0n) is 12.4. The predicted octanol–water partition coefficient (Wildman–Crippen LogP) is 5.75. The van der Waals surface area contributed by atoms with Crippen LogP contribution in [0.2, 0.25) is 0 Å². The molecule has 1 radical (unpaired) electrons. The molecule has 1 aromatic heterocycles. The van der Waals surface area contributed by atoms with Crippen molar-refractivity contribution in [2.24, 2.45) is 0 Å². The lowest BCUT2D eigenvalue weighted by molar-refractivity contribution is 0.552. The summed E-state index contributed by atoms with van der Waals surface area (Å²) in [6.45, 7) is 3.88. The second kappa shape index (κ2) is 12.2. The number of hydrogen-bond donors (Lipinski definition) is 0. The first kappa shape index (κ1) is 16.2. The number of unbranched alkanes of at least 4 members (excludes halogenated alkanes) is 10. The summed E-state index contributed by atoms with van der Waals surface area (Å²) in [5, 5.41) is 0. The molecule has 0 unspecified atom stereocenters. The van der Waals surface area contributed by atoms with E-state index in [4.69, 9.17) is 0 Å². The smallest absolute Gasteiger partial charge is 0.0299 e. The predicted molar refractivity (Wildman–Crippen MR) is 84.1 cm³/mol. The van der Waals surface area contributed by atoms with Crippen LogP contribution in [-0.2, 0) is 6.42 Å². The largest absolute Gasteiger partial charge is 0.264 e. The third kappa shape index (κ3) is 9.69. The maximum Gasteiger partial charge on any atom is 0.0299 e. The lowest BCUT2D eigenvalue weighted by Crippen LogP contribution is -1.87. The number of nitrogens with zero attached hydrogens (tertiary/aromatic N) is 1. The third-order valence-electron chi connectivity index (χ3n) is 3.69. The van der Waals surface area contributed by atoms with E-state index in [0.29, 0.717) is 0 Å². The third-order valence-corrected chi connectivity index (χ3v) is 3.69. The van der Waals surface area contributed by atoms with E-state index < -0.39 is 0 Å². The topological polar surface area (TPSA) is 12.9 Å². The van der Waals surface area contributed by atoms with Gasteiger partial charge < -0.3 is 0 Å². The average molecular weight is 260 g/mol. The number of pyridine rings is 1. The van der Waals surface area contributed by atoms with Gasteiger partial charge >= 0.3 is 0 Å². The molecule has 1 heteroatoms. The molecule has 0 aliphatic rings. The fourth-order valence-electron chi connectivity index (χ4n) is 2.47. The minimum atomic E-state index is 1.11. The Labute approximate surface area is 119 Å². The maximum atomic E-state index is 4.15. The standard InChI is InChI=1S/C18H30N/c1-2-3-4-5-6-7-8-9-10-11-12-14-18-15-13-16-19-17-18/h13,15-17H,1-12,14H2. The van der Waals surface area contributed by atoms with E-state index in [1.165, 1.54) is 76.2 Å². The minimum absolute atomic E-state index is 1.11. The van der Waals surface area contributed by atoms with Gasteiger partial charge in [0.05, 0.1) is 0 Å². The van der Waals surface area contributed by atoms with Gasteiger partial charge in [-0.25, -0.2) is 0 Å². The second-order valence-corrected chi connectivity index (χ2v) is 5.50. The molecule has 0 atom stereocenters. The Bertz CT molecular complexity index is 281. The summed E-state index contributed by atoms with van der Waals surface area (Å²) in [6, 6.07) is 4.21. The quantitative estimate of drug-likeness (QED) is 0.436. The molecule has 0 aliphatic heterocycles. The highest BCUT2D eigenvalue weighted by Gasteiger charge is 1.94. The molecule has 1 nitrogen and oxygen atoms in total. The lowest BCUT2D eigenvalue weighted by Gasteiger charge is -2.03. The van der Waals surface area contributed by atoms with Crippen molar-refractivity contribution >= 4 is 0 Å². The summed E-state index contributed by atoms with van der Waals surface area (Å²) in [7, 11) is 0. The molecule has 107 valence electrons. The first-order chi connectivity index (χ1) is 9.43. The van der Waals surface area contributed by atoms with E-state index in [-0.39, 0.29) is 0 Å². The lowest BCUT2D eigenvalue weighted by atomic mass is 10.0. The highest BCUT2D eigenvalue weighted by Crippen LogP contribution is 2.12. The van der Waals surface area contributed by atoms with Crippen LogP contribution >= 0.6 is 0 Å². The summed E-state index contributed by atoms with van der Waals surface area (Å²) < 4.78 is 0. The van der Waals surface area contributed by atoms with Gasteiger partial charge in [0.25, 0.3) is 0 Å². The van der Waals surface area contributed by atoms with Crippen molar-refractivity contribution in [1.82, 2.24) is 4.98 Å². The van der Waals surface area contributed by atoms with Crippen LogP contribution < -0.4 is 0 Å². The molecule has 1 heterocycles. The summed E-state index contributed by atoms with van der Waals surface area (Å²) in [5.74, 6) is 0. The van der Waals surface area contributed by atoms with E-state index in [1.54, 1.807) is 0 Å². The van der Waals surface area contributed by atoms with E-state index in [9.17, 15) is 0 Å². The molecular formula is C18H30N. The fourth-order valence-corrected chi connectivity index (χ4v) is 2.47. The SMILES string of the molecule is [CH2]CCCCCCCCCCCCc1cccnc1. The molecule has 0 saturated heterocycles. The van der Waals surface area contributed by atoms with Crippen molar-refractivity contribution < 1.29 is 0 Å². The molecule has 0 bridgehead atoms.